The Morgan fingerprint density at radius 2 is 1.52 bits per heavy atom. The molecule has 0 saturated heterocycles. The highest BCUT2D eigenvalue weighted by Crippen LogP contribution is 2.77. The van der Waals surface area contributed by atoms with Crippen LogP contribution in [0.25, 0.3) is 0 Å². The topological polar surface area (TPSA) is 148 Å². The third-order valence-electron chi connectivity index (χ3n) is 18.1. The number of unbranched alkanes of at least 4 members (excludes halogenated alkanes) is 5. The molecule has 0 radical (unpaired) electrons. The molecular weight excluding hydrogens is 751 g/mol. The SMILES string of the molecule is C=C(C)[C@@H]1CC[C@]2(C(=O)NCCCCCCCCC(=O)N[C@@H](CCC(N)=O)C(=O)OCc3ccccc3)CC[C@]3(C)[C@H](CC[C@@H]4[C@@]5(C)CC[C@H](O)C(C)(C)[C@@H]5CC[C@]43C)[C@@H]12. The van der Waals surface area contributed by atoms with E-state index >= 15 is 0 Å². The van der Waals surface area contributed by atoms with Gasteiger partial charge in [-0.1, -0.05) is 103 Å². The van der Waals surface area contributed by atoms with Crippen LogP contribution in [0.1, 0.15) is 169 Å². The molecule has 0 heterocycles. The van der Waals surface area contributed by atoms with Gasteiger partial charge in [-0.05, 0) is 147 Å². The minimum Gasteiger partial charge on any atom is -0.459 e. The molecule has 6 rings (SSSR count). The van der Waals surface area contributed by atoms with Crippen LogP contribution in [-0.4, -0.2) is 47.5 Å². The fourth-order valence-corrected chi connectivity index (χ4v) is 14.7. The summed E-state index contributed by atoms with van der Waals surface area (Å²) in [7, 11) is 0. The van der Waals surface area contributed by atoms with E-state index in [0.717, 1.165) is 76.2 Å². The van der Waals surface area contributed by atoms with Crippen LogP contribution in [-0.2, 0) is 30.5 Å². The molecule has 5 aliphatic rings. The molecule has 0 unspecified atom stereocenters. The van der Waals surface area contributed by atoms with Crippen molar-refractivity contribution < 1.29 is 29.0 Å². The molecule has 1 aromatic carbocycles. The van der Waals surface area contributed by atoms with Crippen molar-refractivity contribution in [1.82, 2.24) is 10.6 Å². The highest BCUT2D eigenvalue weighted by atomic mass is 16.5. The maximum Gasteiger partial charge on any atom is 0.328 e. The molecule has 1 aromatic rings. The number of carbonyl (C=O) groups is 4. The summed E-state index contributed by atoms with van der Waals surface area (Å²) in [6, 6.07) is 8.41. The van der Waals surface area contributed by atoms with Crippen molar-refractivity contribution in [3.05, 3.63) is 48.0 Å². The lowest BCUT2D eigenvalue weighted by Crippen LogP contribution is -2.67. The third-order valence-corrected chi connectivity index (χ3v) is 18.1. The minimum atomic E-state index is -0.916. The summed E-state index contributed by atoms with van der Waals surface area (Å²) in [6.07, 6.45) is 16.8. The lowest BCUT2D eigenvalue weighted by Gasteiger charge is -2.72. The van der Waals surface area contributed by atoms with E-state index < -0.39 is 17.9 Å². The second-order valence-corrected chi connectivity index (χ2v) is 21.6. The number of aliphatic hydroxyl groups is 1. The Morgan fingerprint density at radius 3 is 2.22 bits per heavy atom. The number of hydrogen-bond acceptors (Lipinski definition) is 6. The van der Waals surface area contributed by atoms with E-state index in [1.165, 1.54) is 31.3 Å². The minimum absolute atomic E-state index is 0.0193. The average Bonchev–Trinajstić information content (AvgIpc) is 3.61. The van der Waals surface area contributed by atoms with Gasteiger partial charge >= 0.3 is 5.97 Å². The average molecular weight is 830 g/mol. The van der Waals surface area contributed by atoms with Gasteiger partial charge in [-0.2, -0.15) is 0 Å². The van der Waals surface area contributed by atoms with Gasteiger partial charge in [-0.25, -0.2) is 4.79 Å². The molecule has 0 aromatic heterocycles. The number of nitrogens with one attached hydrogen (secondary N) is 2. The van der Waals surface area contributed by atoms with Crippen LogP contribution < -0.4 is 16.4 Å². The van der Waals surface area contributed by atoms with Crippen molar-refractivity contribution in [3.8, 4) is 0 Å². The number of nitrogens with two attached hydrogens (primary N) is 1. The predicted octanol–water partition coefficient (Wildman–Crippen LogP) is 9.35. The molecule has 5 saturated carbocycles. The number of primary amides is 1. The van der Waals surface area contributed by atoms with E-state index in [1.54, 1.807) is 0 Å². The lowest BCUT2D eigenvalue weighted by molar-refractivity contribution is -0.246. The van der Waals surface area contributed by atoms with Crippen molar-refractivity contribution in [2.75, 3.05) is 6.54 Å². The lowest BCUT2D eigenvalue weighted by atomic mass is 9.32. The molecule has 60 heavy (non-hydrogen) atoms. The first-order valence-electron chi connectivity index (χ1n) is 23.8. The first kappa shape index (κ1) is 46.3. The van der Waals surface area contributed by atoms with Crippen LogP contribution in [0.5, 0.6) is 0 Å². The normalized spacial score (nSPS) is 35.7. The predicted molar refractivity (Wildman–Crippen MR) is 237 cm³/mol. The number of hydrogen-bond donors (Lipinski definition) is 4. The van der Waals surface area contributed by atoms with Crippen molar-refractivity contribution in [2.45, 2.75) is 182 Å². The third kappa shape index (κ3) is 8.86. The summed E-state index contributed by atoms with van der Waals surface area (Å²) in [4.78, 5) is 51.5. The molecule has 5 N–H and O–H groups in total. The van der Waals surface area contributed by atoms with Crippen molar-refractivity contribution in [1.29, 1.82) is 0 Å². The summed E-state index contributed by atoms with van der Waals surface area (Å²) < 4.78 is 5.43. The van der Waals surface area contributed by atoms with E-state index in [2.05, 4.69) is 58.8 Å². The van der Waals surface area contributed by atoms with Gasteiger partial charge in [0, 0.05) is 19.4 Å². The highest BCUT2D eigenvalue weighted by Gasteiger charge is 2.71. The summed E-state index contributed by atoms with van der Waals surface area (Å²) in [5.74, 6) is 1.40. The van der Waals surface area contributed by atoms with Gasteiger partial charge < -0.3 is 26.2 Å². The molecule has 0 bridgehead atoms. The van der Waals surface area contributed by atoms with Crippen LogP contribution in [0.4, 0.5) is 0 Å². The Balaban J connectivity index is 0.961. The van der Waals surface area contributed by atoms with Crippen LogP contribution in [0, 0.1) is 56.7 Å². The van der Waals surface area contributed by atoms with Crippen LogP contribution in [0.3, 0.4) is 0 Å². The summed E-state index contributed by atoms with van der Waals surface area (Å²) in [5, 5.41) is 17.4. The van der Waals surface area contributed by atoms with Gasteiger partial charge in [0.2, 0.25) is 17.7 Å². The number of fused-ring (bicyclic) bond motifs is 7. The van der Waals surface area contributed by atoms with E-state index in [-0.39, 0.29) is 64.4 Å². The standard InChI is InChI=1S/C51H79N3O6/c1-34(2)36-24-29-51(31-30-49(6)37(44(36)51)20-22-40-48(5)27-26-41(55)47(3,4)39(48)25-28-50(40,49)7)46(59)53-32-16-11-9-8-10-15-19-43(57)54-38(21-23-42(52)56)45(58)60-33-35-17-13-12-14-18-35/h12-14,17-18,36-41,44,55H,1,8-11,15-16,19-33H2,2-7H3,(H2,52,56)(H,53,59)(H,54,57)/t36-,37+,38-,39-,40+,41-,44+,48-,49+,50+,51-/m0/s1. The number of esters is 1. The summed E-state index contributed by atoms with van der Waals surface area (Å²) >= 11 is 0. The molecule has 5 aliphatic carbocycles. The summed E-state index contributed by atoms with van der Waals surface area (Å²) in [6.45, 7) is 20.0. The summed E-state index contributed by atoms with van der Waals surface area (Å²) in [5.41, 5.74) is 7.70. The van der Waals surface area contributed by atoms with Gasteiger partial charge in [0.25, 0.3) is 0 Å². The van der Waals surface area contributed by atoms with Crippen molar-refractivity contribution in [3.63, 3.8) is 0 Å². The second-order valence-electron chi connectivity index (χ2n) is 21.6. The smallest absolute Gasteiger partial charge is 0.328 e. The fraction of sp³-hybridized carbons (Fsp3) is 0.765. The number of allylic oxidation sites excluding steroid dienone is 1. The number of aliphatic hydroxyl groups excluding tert-OH is 1. The van der Waals surface area contributed by atoms with Crippen LogP contribution >= 0.6 is 0 Å². The van der Waals surface area contributed by atoms with Crippen LogP contribution in [0.15, 0.2) is 42.5 Å². The molecule has 9 heteroatoms. The maximum absolute atomic E-state index is 14.5. The van der Waals surface area contributed by atoms with Gasteiger partial charge in [0.05, 0.1) is 11.5 Å². The number of carbonyl (C=O) groups excluding carboxylic acids is 4. The van der Waals surface area contributed by atoms with Gasteiger partial charge in [-0.3, -0.25) is 14.4 Å². The second kappa shape index (κ2) is 18.6. The van der Waals surface area contributed by atoms with Gasteiger partial charge in [0.1, 0.15) is 12.6 Å². The zero-order valence-corrected chi connectivity index (χ0v) is 38.1. The van der Waals surface area contributed by atoms with Gasteiger partial charge in [-0.15, -0.1) is 0 Å². The highest BCUT2D eigenvalue weighted by molar-refractivity contribution is 5.85. The molecule has 0 spiro atoms. The molecular formula is C51H79N3O6. The Hall–Kier alpha value is -3.20. The van der Waals surface area contributed by atoms with E-state index in [9.17, 15) is 24.3 Å². The van der Waals surface area contributed by atoms with E-state index in [1.807, 2.05) is 30.3 Å². The largest absolute Gasteiger partial charge is 0.459 e. The number of rotatable bonds is 18. The van der Waals surface area contributed by atoms with Crippen molar-refractivity contribution in [2.24, 2.45) is 62.4 Å². The molecule has 9 nitrogen and oxygen atoms in total. The Bertz CT molecular complexity index is 1710. The van der Waals surface area contributed by atoms with Gasteiger partial charge in [0.15, 0.2) is 0 Å². The molecule has 3 amide bonds. The molecule has 5 fully saturated rings. The number of benzene rings is 1. The monoisotopic (exact) mass is 830 g/mol. The first-order chi connectivity index (χ1) is 28.4. The molecule has 0 aliphatic heterocycles. The first-order valence-corrected chi connectivity index (χ1v) is 23.8. The zero-order chi connectivity index (χ0) is 43.5. The van der Waals surface area contributed by atoms with Crippen molar-refractivity contribution >= 4 is 23.7 Å². The Kier molecular flexibility index (Phi) is 14.4. The molecule has 11 atom stereocenters. The van der Waals surface area contributed by atoms with Crippen LogP contribution in [0.2, 0.25) is 0 Å². The number of amides is 3. The van der Waals surface area contributed by atoms with E-state index in [0.29, 0.717) is 49.0 Å². The maximum atomic E-state index is 14.5. The fourth-order valence-electron chi connectivity index (χ4n) is 14.7. The quantitative estimate of drug-likeness (QED) is 0.0659. The zero-order valence-electron chi connectivity index (χ0n) is 38.1. The Morgan fingerprint density at radius 1 is 0.817 bits per heavy atom. The number of ether oxygens (including phenoxy) is 1. The molecule has 334 valence electrons. The Labute approximate surface area is 361 Å². The van der Waals surface area contributed by atoms with E-state index in [4.69, 9.17) is 10.5 Å².